The minimum atomic E-state index is -0.135. The van der Waals surface area contributed by atoms with Gasteiger partial charge >= 0.3 is 0 Å². The standard InChI is InChI=1S/C19H32N2O/c1-3-11-19(12-4-2)16-7-5-6-8-17(16)21(18(19)22)15-9-13-20-14-10-15/h15,20H,3-14H2,1-2H3. The summed E-state index contributed by atoms with van der Waals surface area (Å²) < 4.78 is 0. The van der Waals surface area contributed by atoms with E-state index in [-0.39, 0.29) is 5.41 Å². The molecule has 3 aliphatic rings. The number of nitrogens with zero attached hydrogens (tertiary/aromatic N) is 1. The third-order valence-corrected chi connectivity index (χ3v) is 5.96. The molecule has 0 unspecified atom stereocenters. The first kappa shape index (κ1) is 16.0. The minimum Gasteiger partial charge on any atom is -0.317 e. The van der Waals surface area contributed by atoms with Gasteiger partial charge in [0.1, 0.15) is 0 Å². The van der Waals surface area contributed by atoms with Crippen LogP contribution < -0.4 is 5.32 Å². The molecule has 1 saturated heterocycles. The lowest BCUT2D eigenvalue weighted by Gasteiger charge is -2.36. The molecule has 0 saturated carbocycles. The first-order valence-electron chi connectivity index (χ1n) is 9.51. The maximum atomic E-state index is 13.5. The number of nitrogens with one attached hydrogen (secondary N) is 1. The Morgan fingerprint density at radius 3 is 2.36 bits per heavy atom. The highest BCUT2D eigenvalue weighted by Gasteiger charge is 2.52. The molecule has 1 amide bonds. The topological polar surface area (TPSA) is 32.3 Å². The molecule has 1 fully saturated rings. The number of hydrogen-bond acceptors (Lipinski definition) is 2. The van der Waals surface area contributed by atoms with E-state index >= 15 is 0 Å². The summed E-state index contributed by atoms with van der Waals surface area (Å²) in [6.45, 7) is 6.60. The Labute approximate surface area is 135 Å². The van der Waals surface area contributed by atoms with Gasteiger partial charge in [-0.1, -0.05) is 26.7 Å². The predicted molar refractivity (Wildman–Crippen MR) is 90.5 cm³/mol. The van der Waals surface area contributed by atoms with Crippen LogP contribution in [-0.2, 0) is 4.79 Å². The van der Waals surface area contributed by atoms with Crippen LogP contribution in [0.5, 0.6) is 0 Å². The van der Waals surface area contributed by atoms with E-state index in [2.05, 4.69) is 24.1 Å². The number of carbonyl (C=O) groups is 1. The lowest BCUT2D eigenvalue weighted by molar-refractivity contribution is -0.138. The molecular formula is C19H32N2O. The van der Waals surface area contributed by atoms with Crippen LogP contribution in [0.3, 0.4) is 0 Å². The Morgan fingerprint density at radius 2 is 1.73 bits per heavy atom. The van der Waals surface area contributed by atoms with Gasteiger partial charge < -0.3 is 10.2 Å². The second kappa shape index (κ2) is 6.74. The molecule has 3 nitrogen and oxygen atoms in total. The quantitative estimate of drug-likeness (QED) is 0.833. The van der Waals surface area contributed by atoms with Crippen LogP contribution in [0.25, 0.3) is 0 Å². The molecule has 0 aromatic rings. The monoisotopic (exact) mass is 304 g/mol. The number of allylic oxidation sites excluding steroid dienone is 1. The van der Waals surface area contributed by atoms with Crippen molar-refractivity contribution in [1.82, 2.24) is 10.2 Å². The Bertz CT molecular complexity index is 442. The van der Waals surface area contributed by atoms with Crippen LogP contribution in [0.4, 0.5) is 0 Å². The van der Waals surface area contributed by atoms with E-state index < -0.39 is 0 Å². The molecule has 0 aromatic heterocycles. The first-order chi connectivity index (χ1) is 10.7. The summed E-state index contributed by atoms with van der Waals surface area (Å²) in [7, 11) is 0. The fraction of sp³-hybridized carbons (Fsp3) is 0.842. The third-order valence-electron chi connectivity index (χ3n) is 5.96. The average molecular weight is 304 g/mol. The van der Waals surface area contributed by atoms with Gasteiger partial charge in [0.15, 0.2) is 0 Å². The van der Waals surface area contributed by atoms with Gasteiger partial charge in [0, 0.05) is 11.7 Å². The SMILES string of the molecule is CCCC1(CCC)C(=O)N(C2CCNCC2)C2=C1CCCC2. The molecule has 0 bridgehead atoms. The lowest BCUT2D eigenvalue weighted by atomic mass is 9.71. The van der Waals surface area contributed by atoms with Crippen LogP contribution in [-0.4, -0.2) is 29.9 Å². The molecule has 0 atom stereocenters. The Kier molecular flexibility index (Phi) is 4.91. The Balaban J connectivity index is 1.97. The van der Waals surface area contributed by atoms with Gasteiger partial charge in [-0.25, -0.2) is 0 Å². The smallest absolute Gasteiger partial charge is 0.237 e. The predicted octanol–water partition coefficient (Wildman–Crippen LogP) is 4.00. The summed E-state index contributed by atoms with van der Waals surface area (Å²) in [5, 5.41) is 3.44. The first-order valence-corrected chi connectivity index (χ1v) is 9.51. The van der Waals surface area contributed by atoms with Crippen LogP contribution in [0.15, 0.2) is 11.3 Å². The van der Waals surface area contributed by atoms with Crippen molar-refractivity contribution in [3.63, 3.8) is 0 Å². The maximum Gasteiger partial charge on any atom is 0.237 e. The highest BCUT2D eigenvalue weighted by atomic mass is 16.2. The van der Waals surface area contributed by atoms with Crippen molar-refractivity contribution in [3.8, 4) is 0 Å². The van der Waals surface area contributed by atoms with E-state index in [1.807, 2.05) is 0 Å². The van der Waals surface area contributed by atoms with Crippen LogP contribution >= 0.6 is 0 Å². The number of piperidine rings is 1. The van der Waals surface area contributed by atoms with Crippen molar-refractivity contribution in [2.45, 2.75) is 84.1 Å². The van der Waals surface area contributed by atoms with Crippen molar-refractivity contribution in [1.29, 1.82) is 0 Å². The third kappa shape index (κ3) is 2.51. The highest BCUT2D eigenvalue weighted by Crippen LogP contribution is 2.53. The fourth-order valence-electron chi connectivity index (χ4n) is 5.10. The number of rotatable bonds is 5. The van der Waals surface area contributed by atoms with Gasteiger partial charge in [-0.05, 0) is 70.0 Å². The van der Waals surface area contributed by atoms with Gasteiger partial charge in [0.2, 0.25) is 5.91 Å². The summed E-state index contributed by atoms with van der Waals surface area (Å²) in [4.78, 5) is 15.8. The summed E-state index contributed by atoms with van der Waals surface area (Å²) in [6, 6.07) is 0.451. The van der Waals surface area contributed by atoms with Gasteiger partial charge in [-0.2, -0.15) is 0 Å². The molecule has 0 aromatic carbocycles. The second-order valence-electron chi connectivity index (χ2n) is 7.37. The second-order valence-corrected chi connectivity index (χ2v) is 7.37. The number of carbonyl (C=O) groups excluding carboxylic acids is 1. The van der Waals surface area contributed by atoms with Gasteiger partial charge in [0.05, 0.1) is 5.41 Å². The van der Waals surface area contributed by atoms with E-state index in [1.54, 1.807) is 5.57 Å². The van der Waals surface area contributed by atoms with E-state index in [0.717, 1.165) is 58.0 Å². The van der Waals surface area contributed by atoms with Crippen molar-refractivity contribution in [2.24, 2.45) is 5.41 Å². The van der Waals surface area contributed by atoms with Gasteiger partial charge in [-0.15, -0.1) is 0 Å². The Hall–Kier alpha value is -0.830. The van der Waals surface area contributed by atoms with Crippen LogP contribution in [0.1, 0.15) is 78.1 Å². The molecule has 22 heavy (non-hydrogen) atoms. The molecule has 2 aliphatic heterocycles. The van der Waals surface area contributed by atoms with E-state index in [4.69, 9.17) is 0 Å². The number of amides is 1. The summed E-state index contributed by atoms with van der Waals surface area (Å²) in [5.41, 5.74) is 2.86. The van der Waals surface area contributed by atoms with E-state index in [0.29, 0.717) is 11.9 Å². The fourth-order valence-corrected chi connectivity index (χ4v) is 5.10. The summed E-state index contributed by atoms with van der Waals surface area (Å²) in [5.74, 6) is 0.468. The molecule has 124 valence electrons. The maximum absolute atomic E-state index is 13.5. The zero-order chi connectivity index (χ0) is 15.6. The van der Waals surface area contributed by atoms with Crippen molar-refractivity contribution in [2.75, 3.05) is 13.1 Å². The largest absolute Gasteiger partial charge is 0.317 e. The van der Waals surface area contributed by atoms with Crippen LogP contribution in [0, 0.1) is 5.41 Å². The minimum absolute atomic E-state index is 0.135. The van der Waals surface area contributed by atoms with Crippen molar-refractivity contribution < 1.29 is 4.79 Å². The zero-order valence-corrected chi connectivity index (χ0v) is 14.4. The van der Waals surface area contributed by atoms with Crippen molar-refractivity contribution >= 4 is 5.91 Å². The van der Waals surface area contributed by atoms with E-state index in [9.17, 15) is 4.79 Å². The molecule has 3 heteroatoms. The molecule has 0 radical (unpaired) electrons. The summed E-state index contributed by atoms with van der Waals surface area (Å²) >= 11 is 0. The Morgan fingerprint density at radius 1 is 1.09 bits per heavy atom. The van der Waals surface area contributed by atoms with Crippen molar-refractivity contribution in [3.05, 3.63) is 11.3 Å². The molecule has 3 rings (SSSR count). The highest BCUT2D eigenvalue weighted by molar-refractivity contribution is 5.91. The molecule has 1 N–H and O–H groups in total. The zero-order valence-electron chi connectivity index (χ0n) is 14.4. The van der Waals surface area contributed by atoms with Gasteiger partial charge in [0.25, 0.3) is 0 Å². The van der Waals surface area contributed by atoms with Gasteiger partial charge in [-0.3, -0.25) is 4.79 Å². The number of hydrogen-bond donors (Lipinski definition) is 1. The average Bonchev–Trinajstić information content (AvgIpc) is 2.79. The normalized spacial score (nSPS) is 25.7. The molecule has 1 aliphatic carbocycles. The van der Waals surface area contributed by atoms with Crippen LogP contribution in [0.2, 0.25) is 0 Å². The lowest BCUT2D eigenvalue weighted by Crippen LogP contribution is -2.47. The van der Waals surface area contributed by atoms with E-state index in [1.165, 1.54) is 25.0 Å². The molecule has 2 heterocycles. The molecular weight excluding hydrogens is 272 g/mol. The molecule has 0 spiro atoms. The summed E-state index contributed by atoms with van der Waals surface area (Å²) in [6.07, 6.45) is 11.4.